The van der Waals surface area contributed by atoms with Crippen LogP contribution in [0.3, 0.4) is 0 Å². The highest BCUT2D eigenvalue weighted by Crippen LogP contribution is 2.18. The number of aromatic nitrogens is 2. The fourth-order valence-electron chi connectivity index (χ4n) is 1.72. The summed E-state index contributed by atoms with van der Waals surface area (Å²) in [6, 6.07) is 7.59. The van der Waals surface area contributed by atoms with E-state index >= 15 is 0 Å². The molecule has 2 N–H and O–H groups in total. The average molecular weight is 304 g/mol. The van der Waals surface area contributed by atoms with Crippen LogP contribution in [0.2, 0.25) is 0 Å². The SMILES string of the molecule is CC(C)(C)OC(=O)NCCNc1ccc(-c2nnco2)cc1. The number of hydrogen-bond acceptors (Lipinski definition) is 6. The molecule has 0 unspecified atom stereocenters. The molecule has 1 amide bonds. The molecule has 0 radical (unpaired) electrons. The Hall–Kier alpha value is -2.57. The van der Waals surface area contributed by atoms with Crippen LogP contribution in [0.25, 0.3) is 11.5 Å². The molecule has 0 saturated heterocycles. The standard InChI is InChI=1S/C15H20N4O3/c1-15(2,3)22-14(20)17-9-8-16-12-6-4-11(5-7-12)13-19-18-10-21-13/h4-7,10,16H,8-9H2,1-3H3,(H,17,20). The lowest BCUT2D eigenvalue weighted by molar-refractivity contribution is 0.0530. The van der Waals surface area contributed by atoms with Crippen LogP contribution in [-0.4, -0.2) is 35.0 Å². The van der Waals surface area contributed by atoms with Crippen molar-refractivity contribution in [2.45, 2.75) is 26.4 Å². The van der Waals surface area contributed by atoms with Gasteiger partial charge >= 0.3 is 6.09 Å². The molecule has 1 heterocycles. The summed E-state index contributed by atoms with van der Waals surface area (Å²) < 4.78 is 10.3. The third-order valence-electron chi connectivity index (χ3n) is 2.61. The molecule has 2 rings (SSSR count). The van der Waals surface area contributed by atoms with E-state index in [-0.39, 0.29) is 0 Å². The zero-order valence-corrected chi connectivity index (χ0v) is 12.9. The Morgan fingerprint density at radius 1 is 1.23 bits per heavy atom. The number of nitrogens with zero attached hydrogens (tertiary/aromatic N) is 2. The molecule has 118 valence electrons. The molecule has 0 aliphatic rings. The number of alkyl carbamates (subject to hydrolysis) is 1. The lowest BCUT2D eigenvalue weighted by Crippen LogP contribution is -2.34. The van der Waals surface area contributed by atoms with Gasteiger partial charge in [0.2, 0.25) is 12.3 Å². The predicted molar refractivity (Wildman–Crippen MR) is 82.5 cm³/mol. The average Bonchev–Trinajstić information content (AvgIpc) is 2.96. The first kappa shape index (κ1) is 15.8. The van der Waals surface area contributed by atoms with Gasteiger partial charge in [-0.15, -0.1) is 10.2 Å². The van der Waals surface area contributed by atoms with E-state index in [1.54, 1.807) is 0 Å². The molecule has 0 aliphatic carbocycles. The first-order valence-electron chi connectivity index (χ1n) is 7.01. The van der Waals surface area contributed by atoms with Crippen molar-refractivity contribution in [2.24, 2.45) is 0 Å². The third kappa shape index (κ3) is 5.08. The quantitative estimate of drug-likeness (QED) is 0.825. The molecule has 1 aromatic heterocycles. The minimum Gasteiger partial charge on any atom is -0.444 e. The smallest absolute Gasteiger partial charge is 0.407 e. The van der Waals surface area contributed by atoms with Gasteiger partial charge in [0.15, 0.2) is 0 Å². The van der Waals surface area contributed by atoms with Gasteiger partial charge in [-0.25, -0.2) is 4.79 Å². The lowest BCUT2D eigenvalue weighted by atomic mass is 10.2. The Morgan fingerprint density at radius 2 is 1.95 bits per heavy atom. The van der Waals surface area contributed by atoms with Gasteiger partial charge in [-0.3, -0.25) is 0 Å². The van der Waals surface area contributed by atoms with Crippen LogP contribution >= 0.6 is 0 Å². The summed E-state index contributed by atoms with van der Waals surface area (Å²) in [5.41, 5.74) is 1.31. The summed E-state index contributed by atoms with van der Waals surface area (Å²) in [5.74, 6) is 0.484. The number of amides is 1. The number of nitrogens with one attached hydrogen (secondary N) is 2. The minimum atomic E-state index is -0.484. The second-order valence-electron chi connectivity index (χ2n) is 5.68. The highest BCUT2D eigenvalue weighted by Gasteiger charge is 2.15. The van der Waals surface area contributed by atoms with Gasteiger partial charge in [-0.1, -0.05) is 0 Å². The maximum absolute atomic E-state index is 11.5. The largest absolute Gasteiger partial charge is 0.444 e. The molecular formula is C15H20N4O3. The van der Waals surface area contributed by atoms with Crippen molar-refractivity contribution in [3.63, 3.8) is 0 Å². The number of carbonyl (C=O) groups excluding carboxylic acids is 1. The lowest BCUT2D eigenvalue weighted by Gasteiger charge is -2.19. The van der Waals surface area contributed by atoms with Crippen LogP contribution in [0.5, 0.6) is 0 Å². The van der Waals surface area contributed by atoms with E-state index in [1.165, 1.54) is 6.39 Å². The fraction of sp³-hybridized carbons (Fsp3) is 0.400. The molecule has 0 bridgehead atoms. The number of benzene rings is 1. The number of hydrogen-bond donors (Lipinski definition) is 2. The van der Waals surface area contributed by atoms with Gasteiger partial charge in [-0.05, 0) is 45.0 Å². The Labute approximate surface area is 129 Å². The second kappa shape index (κ2) is 6.93. The third-order valence-corrected chi connectivity index (χ3v) is 2.61. The number of rotatable bonds is 5. The summed E-state index contributed by atoms with van der Waals surface area (Å²) >= 11 is 0. The van der Waals surface area contributed by atoms with E-state index in [9.17, 15) is 4.79 Å². The summed E-state index contributed by atoms with van der Waals surface area (Å²) in [4.78, 5) is 11.5. The summed E-state index contributed by atoms with van der Waals surface area (Å²) in [7, 11) is 0. The molecular weight excluding hydrogens is 284 g/mol. The zero-order valence-electron chi connectivity index (χ0n) is 12.9. The Bertz CT molecular complexity index is 588. The molecule has 0 saturated carbocycles. The maximum Gasteiger partial charge on any atom is 0.407 e. The second-order valence-corrected chi connectivity index (χ2v) is 5.68. The Kier molecular flexibility index (Phi) is 4.98. The highest BCUT2D eigenvalue weighted by molar-refractivity contribution is 5.67. The molecule has 2 aromatic rings. The first-order valence-corrected chi connectivity index (χ1v) is 7.01. The van der Waals surface area contributed by atoms with Crippen LogP contribution in [0, 0.1) is 0 Å². The van der Waals surface area contributed by atoms with Crippen molar-refractivity contribution in [1.29, 1.82) is 0 Å². The number of anilines is 1. The van der Waals surface area contributed by atoms with Crippen molar-refractivity contribution < 1.29 is 13.9 Å². The summed E-state index contributed by atoms with van der Waals surface area (Å²) in [5, 5.41) is 13.4. The molecule has 0 atom stereocenters. The molecule has 22 heavy (non-hydrogen) atoms. The number of ether oxygens (including phenoxy) is 1. The van der Waals surface area contributed by atoms with Gasteiger partial charge in [-0.2, -0.15) is 0 Å². The van der Waals surface area contributed by atoms with Crippen molar-refractivity contribution in [2.75, 3.05) is 18.4 Å². The van der Waals surface area contributed by atoms with E-state index in [0.717, 1.165) is 11.3 Å². The van der Waals surface area contributed by atoms with Crippen LogP contribution < -0.4 is 10.6 Å². The van der Waals surface area contributed by atoms with Gasteiger partial charge in [0.05, 0.1) is 0 Å². The van der Waals surface area contributed by atoms with Crippen LogP contribution in [0.4, 0.5) is 10.5 Å². The van der Waals surface area contributed by atoms with E-state index in [4.69, 9.17) is 9.15 Å². The maximum atomic E-state index is 11.5. The Balaban J connectivity index is 1.72. The highest BCUT2D eigenvalue weighted by atomic mass is 16.6. The van der Waals surface area contributed by atoms with Crippen molar-refractivity contribution in [3.8, 4) is 11.5 Å². The zero-order chi connectivity index (χ0) is 16.0. The first-order chi connectivity index (χ1) is 10.4. The molecule has 0 aliphatic heterocycles. The minimum absolute atomic E-state index is 0.416. The molecule has 7 heteroatoms. The van der Waals surface area contributed by atoms with Gasteiger partial charge in [0.25, 0.3) is 0 Å². The fourth-order valence-corrected chi connectivity index (χ4v) is 1.72. The van der Waals surface area contributed by atoms with Crippen LogP contribution in [0.15, 0.2) is 35.1 Å². The molecule has 0 spiro atoms. The Morgan fingerprint density at radius 3 is 2.55 bits per heavy atom. The summed E-state index contributed by atoms with van der Waals surface area (Å²) in [6.45, 7) is 6.56. The van der Waals surface area contributed by atoms with Crippen molar-refractivity contribution in [1.82, 2.24) is 15.5 Å². The van der Waals surface area contributed by atoms with Crippen LogP contribution in [-0.2, 0) is 4.74 Å². The number of carbonyl (C=O) groups is 1. The van der Waals surface area contributed by atoms with Crippen molar-refractivity contribution >= 4 is 11.8 Å². The monoisotopic (exact) mass is 304 g/mol. The van der Waals surface area contributed by atoms with E-state index in [1.807, 2.05) is 45.0 Å². The normalized spacial score (nSPS) is 11.0. The van der Waals surface area contributed by atoms with Gasteiger partial charge in [0.1, 0.15) is 5.60 Å². The van der Waals surface area contributed by atoms with E-state index in [2.05, 4.69) is 20.8 Å². The predicted octanol–water partition coefficient (Wildman–Crippen LogP) is 2.67. The van der Waals surface area contributed by atoms with E-state index in [0.29, 0.717) is 19.0 Å². The molecule has 1 aromatic carbocycles. The van der Waals surface area contributed by atoms with Crippen LogP contribution in [0.1, 0.15) is 20.8 Å². The molecule has 7 nitrogen and oxygen atoms in total. The van der Waals surface area contributed by atoms with Gasteiger partial charge in [0, 0.05) is 24.3 Å². The molecule has 0 fully saturated rings. The summed E-state index contributed by atoms with van der Waals surface area (Å²) in [6.07, 6.45) is 0.880. The van der Waals surface area contributed by atoms with Gasteiger partial charge < -0.3 is 19.8 Å². The topological polar surface area (TPSA) is 89.3 Å². The van der Waals surface area contributed by atoms with Crippen molar-refractivity contribution in [3.05, 3.63) is 30.7 Å². The van der Waals surface area contributed by atoms with E-state index < -0.39 is 11.7 Å².